The maximum atomic E-state index is 13.1. The van der Waals surface area contributed by atoms with E-state index in [2.05, 4.69) is 12.2 Å². The molecule has 0 aliphatic rings. The lowest BCUT2D eigenvalue weighted by Crippen LogP contribution is -2.36. The van der Waals surface area contributed by atoms with Gasteiger partial charge in [0.05, 0.1) is 0 Å². The Bertz CT molecular complexity index is 1430. The molecule has 1 atom stereocenters. The van der Waals surface area contributed by atoms with Gasteiger partial charge in [0, 0.05) is 17.3 Å². The van der Waals surface area contributed by atoms with Crippen molar-refractivity contribution in [3.8, 4) is 22.9 Å². The van der Waals surface area contributed by atoms with Gasteiger partial charge in [-0.2, -0.15) is 4.98 Å². The van der Waals surface area contributed by atoms with E-state index < -0.39 is 11.6 Å². The molecule has 0 aliphatic carbocycles. The first-order valence-electron chi connectivity index (χ1n) is 16.2. The Kier molecular flexibility index (Phi) is 12.9. The van der Waals surface area contributed by atoms with Gasteiger partial charge in [-0.05, 0) is 62.1 Å². The zero-order chi connectivity index (χ0) is 31.9. The summed E-state index contributed by atoms with van der Waals surface area (Å²) in [6, 6.07) is 31.5. The van der Waals surface area contributed by atoms with Crippen LogP contribution >= 0.6 is 0 Å². The molecule has 1 heterocycles. The van der Waals surface area contributed by atoms with Crippen molar-refractivity contribution >= 4 is 11.7 Å². The third-order valence-electron chi connectivity index (χ3n) is 7.36. The number of unbranched alkanes of at least 4 members (excludes halogenated alkanes) is 5. The summed E-state index contributed by atoms with van der Waals surface area (Å²) in [5.74, 6) is 0.783. The molecule has 0 spiro atoms. The Morgan fingerprint density at radius 2 is 1.33 bits per heavy atom. The molecular weight excluding hydrogens is 560 g/mol. The first-order chi connectivity index (χ1) is 21.8. The number of hydrogen-bond donors (Lipinski definition) is 1. The second kappa shape index (κ2) is 17.2. The number of carbonyl (C=O) groups excluding carboxylic acids is 1. The molecule has 0 amide bonds. The van der Waals surface area contributed by atoms with E-state index in [0.29, 0.717) is 25.0 Å². The van der Waals surface area contributed by atoms with E-state index in [1.165, 1.54) is 25.7 Å². The minimum absolute atomic E-state index is 0.216. The molecule has 0 radical (unpaired) electrons. The summed E-state index contributed by atoms with van der Waals surface area (Å²) in [4.78, 5) is 17.9. The Hall–Kier alpha value is -4.32. The molecule has 0 aliphatic heterocycles. The van der Waals surface area contributed by atoms with E-state index in [9.17, 15) is 4.79 Å². The molecule has 1 N–H and O–H groups in total. The quantitative estimate of drug-likeness (QED) is 0.0950. The monoisotopic (exact) mass is 608 g/mol. The highest BCUT2D eigenvalue weighted by atomic mass is 16.6. The van der Waals surface area contributed by atoms with Crippen molar-refractivity contribution in [2.45, 2.75) is 97.5 Å². The van der Waals surface area contributed by atoms with Crippen molar-refractivity contribution in [2.24, 2.45) is 0 Å². The van der Waals surface area contributed by atoms with Crippen LogP contribution in [0.4, 0.5) is 5.69 Å². The van der Waals surface area contributed by atoms with Crippen LogP contribution in [-0.2, 0) is 22.7 Å². The number of ether oxygens (including phenoxy) is 3. The standard InChI is InChI=1S/C39H48N2O4/c1-5-6-7-8-9-16-21-35(38(42)45-39(2,3)4)40-33-24-22-32(23-25-33)34-26-27-36(43-28-30-17-12-10-13-18-30)41-37(34)44-29-31-19-14-11-15-20-31/h10-15,17-20,22-27,35,40H,5-9,16,21,28-29H2,1-4H3. The number of aromatic nitrogens is 1. The zero-order valence-corrected chi connectivity index (χ0v) is 27.3. The molecular formula is C39H48N2O4. The number of esters is 1. The van der Waals surface area contributed by atoms with Gasteiger partial charge in [-0.15, -0.1) is 0 Å². The first-order valence-corrected chi connectivity index (χ1v) is 16.2. The number of pyridine rings is 1. The van der Waals surface area contributed by atoms with E-state index in [1.807, 2.05) is 118 Å². The van der Waals surface area contributed by atoms with Crippen LogP contribution in [0.25, 0.3) is 11.1 Å². The molecule has 45 heavy (non-hydrogen) atoms. The normalized spacial score (nSPS) is 11.9. The third kappa shape index (κ3) is 11.6. The fourth-order valence-electron chi connectivity index (χ4n) is 4.99. The summed E-state index contributed by atoms with van der Waals surface area (Å²) in [5.41, 5.74) is 4.26. The zero-order valence-electron chi connectivity index (χ0n) is 27.3. The highest BCUT2D eigenvalue weighted by molar-refractivity contribution is 5.80. The largest absolute Gasteiger partial charge is 0.473 e. The average molecular weight is 609 g/mol. The SMILES string of the molecule is CCCCCCCCC(Nc1ccc(-c2ccc(OCc3ccccc3)nc2OCc2ccccc2)cc1)C(=O)OC(C)(C)C. The van der Waals surface area contributed by atoms with Crippen LogP contribution < -0.4 is 14.8 Å². The fraction of sp³-hybridized carbons (Fsp3) is 0.385. The summed E-state index contributed by atoms with van der Waals surface area (Å²) in [6.45, 7) is 8.75. The van der Waals surface area contributed by atoms with E-state index >= 15 is 0 Å². The molecule has 6 nitrogen and oxygen atoms in total. The van der Waals surface area contributed by atoms with Gasteiger partial charge in [-0.1, -0.05) is 118 Å². The molecule has 3 aromatic carbocycles. The van der Waals surface area contributed by atoms with Crippen LogP contribution in [0.5, 0.6) is 11.8 Å². The number of rotatable bonds is 17. The van der Waals surface area contributed by atoms with Gasteiger partial charge >= 0.3 is 5.97 Å². The van der Waals surface area contributed by atoms with E-state index in [4.69, 9.17) is 19.2 Å². The van der Waals surface area contributed by atoms with E-state index in [1.54, 1.807) is 0 Å². The topological polar surface area (TPSA) is 69.7 Å². The first kappa shape index (κ1) is 33.6. The summed E-state index contributed by atoms with van der Waals surface area (Å²) in [6.07, 6.45) is 7.75. The van der Waals surface area contributed by atoms with Gasteiger partial charge in [0.2, 0.25) is 11.8 Å². The maximum absolute atomic E-state index is 13.1. The lowest BCUT2D eigenvalue weighted by atomic mass is 10.0. The van der Waals surface area contributed by atoms with Crippen LogP contribution in [-0.4, -0.2) is 22.6 Å². The van der Waals surface area contributed by atoms with Crippen molar-refractivity contribution < 1.29 is 19.0 Å². The summed E-state index contributed by atoms with van der Waals surface area (Å²) in [5, 5.41) is 3.44. The molecule has 1 aromatic heterocycles. The van der Waals surface area contributed by atoms with Crippen LogP contribution in [0.2, 0.25) is 0 Å². The van der Waals surface area contributed by atoms with Gasteiger partial charge < -0.3 is 19.5 Å². The van der Waals surface area contributed by atoms with Crippen LogP contribution in [0.3, 0.4) is 0 Å². The molecule has 0 fully saturated rings. The molecule has 0 saturated heterocycles. The second-order valence-corrected chi connectivity index (χ2v) is 12.4. The Labute approximate surface area is 269 Å². The molecule has 6 heteroatoms. The number of nitrogens with one attached hydrogen (secondary N) is 1. The summed E-state index contributed by atoms with van der Waals surface area (Å²) >= 11 is 0. The van der Waals surface area contributed by atoms with Crippen LogP contribution in [0.15, 0.2) is 97.1 Å². The smallest absolute Gasteiger partial charge is 0.329 e. The predicted molar refractivity (Wildman–Crippen MR) is 182 cm³/mol. The van der Waals surface area contributed by atoms with Crippen molar-refractivity contribution in [3.63, 3.8) is 0 Å². The summed E-state index contributed by atoms with van der Waals surface area (Å²) < 4.78 is 18.0. The van der Waals surface area contributed by atoms with Gasteiger partial charge in [0.15, 0.2) is 0 Å². The van der Waals surface area contributed by atoms with Crippen LogP contribution in [0.1, 0.15) is 83.8 Å². The Morgan fingerprint density at radius 3 is 1.96 bits per heavy atom. The third-order valence-corrected chi connectivity index (χ3v) is 7.36. The molecule has 1 unspecified atom stereocenters. The average Bonchev–Trinajstić information content (AvgIpc) is 3.04. The van der Waals surface area contributed by atoms with Gasteiger partial charge in [0.25, 0.3) is 0 Å². The highest BCUT2D eigenvalue weighted by Crippen LogP contribution is 2.32. The number of carbonyl (C=O) groups is 1. The number of benzene rings is 3. The molecule has 4 rings (SSSR count). The lowest BCUT2D eigenvalue weighted by Gasteiger charge is -2.25. The Morgan fingerprint density at radius 1 is 0.733 bits per heavy atom. The number of anilines is 1. The lowest BCUT2D eigenvalue weighted by molar-refractivity contribution is -0.156. The van der Waals surface area contributed by atoms with E-state index in [0.717, 1.165) is 47.2 Å². The Balaban J connectivity index is 1.49. The molecule has 0 saturated carbocycles. The maximum Gasteiger partial charge on any atom is 0.329 e. The van der Waals surface area contributed by atoms with Crippen LogP contribution in [0, 0.1) is 0 Å². The predicted octanol–water partition coefficient (Wildman–Crippen LogP) is 9.78. The van der Waals surface area contributed by atoms with Gasteiger partial charge in [0.1, 0.15) is 24.9 Å². The van der Waals surface area contributed by atoms with E-state index in [-0.39, 0.29) is 5.97 Å². The molecule has 238 valence electrons. The van der Waals surface area contributed by atoms with Crippen molar-refractivity contribution in [2.75, 3.05) is 5.32 Å². The van der Waals surface area contributed by atoms with Crippen molar-refractivity contribution in [1.29, 1.82) is 0 Å². The second-order valence-electron chi connectivity index (χ2n) is 12.4. The summed E-state index contributed by atoms with van der Waals surface area (Å²) in [7, 11) is 0. The van der Waals surface area contributed by atoms with Gasteiger partial charge in [-0.25, -0.2) is 4.79 Å². The minimum atomic E-state index is -0.540. The highest BCUT2D eigenvalue weighted by Gasteiger charge is 2.25. The van der Waals surface area contributed by atoms with Crippen molar-refractivity contribution in [3.05, 3.63) is 108 Å². The molecule has 0 bridgehead atoms. The number of nitrogens with zero attached hydrogens (tertiary/aromatic N) is 1. The van der Waals surface area contributed by atoms with Crippen molar-refractivity contribution in [1.82, 2.24) is 4.98 Å². The number of hydrogen-bond acceptors (Lipinski definition) is 6. The fourth-order valence-corrected chi connectivity index (χ4v) is 4.99. The minimum Gasteiger partial charge on any atom is -0.473 e. The van der Waals surface area contributed by atoms with Gasteiger partial charge in [-0.3, -0.25) is 0 Å². The molecule has 4 aromatic rings.